The molecule has 3 aromatic rings. The van der Waals surface area contributed by atoms with Crippen LogP contribution in [-0.2, 0) is 13.0 Å². The van der Waals surface area contributed by atoms with Crippen molar-refractivity contribution in [3.63, 3.8) is 0 Å². The lowest BCUT2D eigenvalue weighted by molar-refractivity contribution is 0.101. The number of anilines is 1. The third-order valence-electron chi connectivity index (χ3n) is 6.66. The second-order valence-electron chi connectivity index (χ2n) is 8.79. The summed E-state index contributed by atoms with van der Waals surface area (Å²) in [7, 11) is 0. The maximum absolute atomic E-state index is 12.0. The van der Waals surface area contributed by atoms with Crippen LogP contribution in [0.25, 0.3) is 17.0 Å². The van der Waals surface area contributed by atoms with Crippen molar-refractivity contribution >= 4 is 28.4 Å². The van der Waals surface area contributed by atoms with E-state index in [0.717, 1.165) is 75.0 Å². The normalized spacial score (nSPS) is 14.8. The molecule has 1 saturated heterocycles. The zero-order valence-electron chi connectivity index (χ0n) is 19.5. The maximum Gasteiger partial charge on any atom is 0.161 e. The van der Waals surface area contributed by atoms with Gasteiger partial charge in [-0.1, -0.05) is 56.3 Å². The monoisotopic (exact) mass is 429 g/mol. The first-order valence-electron chi connectivity index (χ1n) is 11.9. The van der Waals surface area contributed by atoms with Gasteiger partial charge in [0.25, 0.3) is 0 Å². The molecular weight excluding hydrogens is 394 g/mol. The number of benzene rings is 2. The second kappa shape index (κ2) is 10.2. The van der Waals surface area contributed by atoms with E-state index in [1.54, 1.807) is 6.92 Å². The number of hydrogen-bond acceptors (Lipinski definition) is 3. The van der Waals surface area contributed by atoms with Gasteiger partial charge in [0.1, 0.15) is 0 Å². The number of ketones is 1. The number of aryl methyl sites for hydroxylation is 1. The minimum atomic E-state index is 0.138. The smallest absolute Gasteiger partial charge is 0.161 e. The van der Waals surface area contributed by atoms with Gasteiger partial charge in [-0.3, -0.25) is 9.69 Å². The highest BCUT2D eigenvalue weighted by Gasteiger charge is 2.20. The van der Waals surface area contributed by atoms with E-state index in [-0.39, 0.29) is 5.78 Å². The van der Waals surface area contributed by atoms with E-state index in [0.29, 0.717) is 0 Å². The number of fused-ring (bicyclic) bond motifs is 1. The summed E-state index contributed by atoms with van der Waals surface area (Å²) in [5.74, 6) is 0.138. The molecule has 0 unspecified atom stereocenters. The van der Waals surface area contributed by atoms with E-state index in [9.17, 15) is 4.79 Å². The van der Waals surface area contributed by atoms with Gasteiger partial charge in [-0.2, -0.15) is 0 Å². The molecule has 1 aliphatic heterocycles. The minimum absolute atomic E-state index is 0.138. The maximum atomic E-state index is 12.0. The largest absolute Gasteiger partial charge is 0.369 e. The average Bonchev–Trinajstić information content (AvgIpc) is 3.19. The highest BCUT2D eigenvalue weighted by Crippen LogP contribution is 2.27. The van der Waals surface area contributed by atoms with Gasteiger partial charge in [-0.15, -0.1) is 0 Å². The zero-order chi connectivity index (χ0) is 22.5. The molecule has 168 valence electrons. The number of rotatable bonds is 9. The number of nitrogens with zero attached hydrogens (tertiary/aromatic N) is 3. The molecule has 1 aromatic heterocycles. The molecule has 0 radical (unpaired) electrons. The molecule has 1 aliphatic rings. The Labute approximate surface area is 192 Å². The van der Waals surface area contributed by atoms with Gasteiger partial charge >= 0.3 is 0 Å². The second-order valence-corrected chi connectivity index (χ2v) is 8.79. The van der Waals surface area contributed by atoms with Crippen LogP contribution in [0.4, 0.5) is 5.69 Å². The Morgan fingerprint density at radius 1 is 1.03 bits per heavy atom. The third kappa shape index (κ3) is 4.66. The number of aromatic nitrogens is 1. The van der Waals surface area contributed by atoms with Gasteiger partial charge in [0.15, 0.2) is 5.78 Å². The highest BCUT2D eigenvalue weighted by atomic mass is 16.1. The third-order valence-corrected chi connectivity index (χ3v) is 6.66. The zero-order valence-corrected chi connectivity index (χ0v) is 19.5. The van der Waals surface area contributed by atoms with Crippen LogP contribution in [0.15, 0.2) is 55.2 Å². The minimum Gasteiger partial charge on any atom is -0.369 e. The number of carbonyl (C=O) groups excluding carboxylic acids is 1. The predicted octanol–water partition coefficient (Wildman–Crippen LogP) is 5.65. The summed E-state index contributed by atoms with van der Waals surface area (Å²) in [5.41, 5.74) is 6.10. The molecule has 4 nitrogen and oxygen atoms in total. The summed E-state index contributed by atoms with van der Waals surface area (Å²) < 4.78 is 2.25. The molecule has 2 heterocycles. The molecule has 0 bridgehead atoms. The molecular formula is C28H35N3O. The van der Waals surface area contributed by atoms with E-state index < -0.39 is 0 Å². The van der Waals surface area contributed by atoms with Crippen molar-refractivity contribution in [3.8, 4) is 0 Å². The summed E-state index contributed by atoms with van der Waals surface area (Å²) in [6, 6.07) is 14.8. The van der Waals surface area contributed by atoms with Crippen LogP contribution in [0.1, 0.15) is 48.2 Å². The lowest BCUT2D eigenvalue weighted by atomic mass is 9.99. The molecule has 0 N–H and O–H groups in total. The SMILES string of the molecule is C=Cc1cccc(N2CCN(CCCn3cc(C(C)=O)c4ccccc43)CC2)c1CCC. The lowest BCUT2D eigenvalue weighted by Gasteiger charge is -2.37. The summed E-state index contributed by atoms with van der Waals surface area (Å²) in [6.45, 7) is 14.3. The van der Waals surface area contributed by atoms with Gasteiger partial charge in [-0.05, 0) is 49.6 Å². The molecule has 4 heteroatoms. The van der Waals surface area contributed by atoms with Crippen molar-refractivity contribution < 1.29 is 4.79 Å². The van der Waals surface area contributed by atoms with Crippen molar-refractivity contribution in [2.24, 2.45) is 0 Å². The number of para-hydroxylation sites is 1. The topological polar surface area (TPSA) is 28.5 Å². The van der Waals surface area contributed by atoms with E-state index in [1.807, 2.05) is 18.3 Å². The Balaban J connectivity index is 1.35. The average molecular weight is 430 g/mol. The fourth-order valence-corrected chi connectivity index (χ4v) is 4.99. The summed E-state index contributed by atoms with van der Waals surface area (Å²) >= 11 is 0. The molecule has 0 amide bonds. The van der Waals surface area contributed by atoms with Gasteiger partial charge in [0.2, 0.25) is 0 Å². The Bertz CT molecular complexity index is 1090. The fraction of sp³-hybridized carbons (Fsp3) is 0.393. The molecule has 0 spiro atoms. The summed E-state index contributed by atoms with van der Waals surface area (Å²) in [5, 5.41) is 1.07. The quantitative estimate of drug-likeness (QED) is 0.411. The summed E-state index contributed by atoms with van der Waals surface area (Å²) in [4.78, 5) is 17.1. The Morgan fingerprint density at radius 3 is 2.53 bits per heavy atom. The van der Waals surface area contributed by atoms with Crippen molar-refractivity contribution in [3.05, 3.63) is 71.9 Å². The lowest BCUT2D eigenvalue weighted by Crippen LogP contribution is -2.47. The van der Waals surface area contributed by atoms with Gasteiger partial charge in [0.05, 0.1) is 0 Å². The van der Waals surface area contributed by atoms with Crippen molar-refractivity contribution in [2.45, 2.75) is 39.7 Å². The van der Waals surface area contributed by atoms with E-state index in [1.165, 1.54) is 16.8 Å². The Morgan fingerprint density at radius 2 is 1.81 bits per heavy atom. The van der Waals surface area contributed by atoms with Crippen molar-refractivity contribution in [1.82, 2.24) is 9.47 Å². The number of Topliss-reactive ketones (excluding diaryl/α,β-unsaturated/α-hetero) is 1. The number of hydrogen-bond donors (Lipinski definition) is 0. The predicted molar refractivity (Wildman–Crippen MR) is 136 cm³/mol. The van der Waals surface area contributed by atoms with Crippen LogP contribution in [0.5, 0.6) is 0 Å². The number of carbonyl (C=O) groups is 1. The molecule has 0 aliphatic carbocycles. The highest BCUT2D eigenvalue weighted by molar-refractivity contribution is 6.06. The van der Waals surface area contributed by atoms with Crippen LogP contribution >= 0.6 is 0 Å². The molecule has 0 atom stereocenters. The van der Waals surface area contributed by atoms with E-state index >= 15 is 0 Å². The Kier molecular flexibility index (Phi) is 7.11. The van der Waals surface area contributed by atoms with Crippen LogP contribution in [0.3, 0.4) is 0 Å². The molecule has 1 fully saturated rings. The first kappa shape index (κ1) is 22.3. The van der Waals surface area contributed by atoms with Crippen molar-refractivity contribution in [1.29, 1.82) is 0 Å². The van der Waals surface area contributed by atoms with E-state index in [2.05, 4.69) is 64.3 Å². The Hall–Kier alpha value is -2.85. The van der Waals surface area contributed by atoms with Gasteiger partial charge in [0, 0.05) is 61.1 Å². The standard InChI is InChI=1S/C28H35N3O/c1-4-10-24-23(5-2)11-8-14-27(24)30-19-17-29(18-20-30)15-9-16-31-21-26(22(3)32)25-12-6-7-13-28(25)31/h5-8,11-14,21H,2,4,9-10,15-20H2,1,3H3. The van der Waals surface area contributed by atoms with Crippen LogP contribution in [0.2, 0.25) is 0 Å². The van der Waals surface area contributed by atoms with E-state index in [4.69, 9.17) is 0 Å². The van der Waals surface area contributed by atoms with Gasteiger partial charge in [-0.25, -0.2) is 0 Å². The van der Waals surface area contributed by atoms with Crippen molar-refractivity contribution in [2.75, 3.05) is 37.6 Å². The molecule has 0 saturated carbocycles. The number of piperazine rings is 1. The molecule has 32 heavy (non-hydrogen) atoms. The van der Waals surface area contributed by atoms with Crippen LogP contribution < -0.4 is 4.90 Å². The van der Waals surface area contributed by atoms with Gasteiger partial charge < -0.3 is 9.47 Å². The fourth-order valence-electron chi connectivity index (χ4n) is 4.99. The van der Waals surface area contributed by atoms with Crippen LogP contribution in [0, 0.1) is 0 Å². The van der Waals surface area contributed by atoms with Crippen LogP contribution in [-0.4, -0.2) is 48.0 Å². The molecule has 4 rings (SSSR count). The molecule has 2 aromatic carbocycles. The first-order valence-corrected chi connectivity index (χ1v) is 11.9. The first-order chi connectivity index (χ1) is 15.6. The summed E-state index contributed by atoms with van der Waals surface area (Å²) in [6.07, 6.45) is 7.37.